The Balaban J connectivity index is 2.00. The molecular weight excluding hydrogens is 302 g/mol. The van der Waals surface area contributed by atoms with Gasteiger partial charge in [0, 0.05) is 0 Å². The van der Waals surface area contributed by atoms with Crippen molar-refractivity contribution in [1.29, 1.82) is 0 Å². The molecule has 1 N–H and O–H groups in total. The molecule has 1 heterocycles. The Morgan fingerprint density at radius 3 is 2.77 bits per heavy atom. The van der Waals surface area contributed by atoms with Crippen molar-refractivity contribution in [3.8, 4) is 5.75 Å². The Kier molecular flexibility index (Phi) is 5.48. The first-order valence-corrected chi connectivity index (χ1v) is 7.53. The fourth-order valence-electron chi connectivity index (χ4n) is 1.68. The quantitative estimate of drug-likeness (QED) is 0.503. The van der Waals surface area contributed by atoms with Gasteiger partial charge in [-0.15, -0.1) is 0 Å². The normalized spacial score (nSPS) is 10.7. The second-order valence-corrected chi connectivity index (χ2v) is 5.30. The zero-order valence-electron chi connectivity index (χ0n) is 12.6. The van der Waals surface area contributed by atoms with Crippen LogP contribution in [0.1, 0.15) is 27.9 Å². The van der Waals surface area contributed by atoms with Crippen LogP contribution in [0.5, 0.6) is 5.75 Å². The SMILES string of the molecule is CCOC(=O)c1sc(N/N=C/c2ccc(OC)cc2)nc1C. The Morgan fingerprint density at radius 1 is 1.41 bits per heavy atom. The minimum atomic E-state index is -0.357. The summed E-state index contributed by atoms with van der Waals surface area (Å²) in [7, 11) is 1.62. The number of aromatic nitrogens is 1. The predicted molar refractivity (Wildman–Crippen MR) is 87.0 cm³/mol. The molecule has 0 fully saturated rings. The van der Waals surface area contributed by atoms with Gasteiger partial charge in [0.1, 0.15) is 10.6 Å². The lowest BCUT2D eigenvalue weighted by Crippen LogP contribution is -2.03. The molecule has 22 heavy (non-hydrogen) atoms. The number of carbonyl (C=O) groups is 1. The molecule has 0 saturated heterocycles. The Morgan fingerprint density at radius 2 is 2.14 bits per heavy atom. The van der Waals surface area contributed by atoms with Gasteiger partial charge in [-0.3, -0.25) is 5.43 Å². The number of hydrogen-bond acceptors (Lipinski definition) is 7. The lowest BCUT2D eigenvalue weighted by Gasteiger charge is -1.98. The van der Waals surface area contributed by atoms with Crippen LogP contribution >= 0.6 is 11.3 Å². The van der Waals surface area contributed by atoms with Gasteiger partial charge in [0.25, 0.3) is 0 Å². The molecule has 0 aliphatic rings. The van der Waals surface area contributed by atoms with Gasteiger partial charge in [0.15, 0.2) is 0 Å². The first-order chi connectivity index (χ1) is 10.6. The largest absolute Gasteiger partial charge is 0.497 e. The Labute approximate surface area is 132 Å². The Hall–Kier alpha value is -2.41. The number of hydrogen-bond donors (Lipinski definition) is 1. The first-order valence-electron chi connectivity index (χ1n) is 6.71. The second kappa shape index (κ2) is 7.56. The highest BCUT2D eigenvalue weighted by Crippen LogP contribution is 2.23. The van der Waals surface area contributed by atoms with Gasteiger partial charge in [-0.1, -0.05) is 11.3 Å². The molecule has 2 aromatic rings. The van der Waals surface area contributed by atoms with E-state index in [9.17, 15) is 4.79 Å². The molecule has 0 atom stereocenters. The number of hydrazone groups is 1. The molecular formula is C15H17N3O3S. The van der Waals surface area contributed by atoms with Crippen LogP contribution in [0.25, 0.3) is 0 Å². The van der Waals surface area contributed by atoms with Gasteiger partial charge in [0.05, 0.1) is 25.6 Å². The molecule has 0 amide bonds. The molecule has 2 rings (SSSR count). The van der Waals surface area contributed by atoms with E-state index in [2.05, 4.69) is 15.5 Å². The number of nitrogens with zero attached hydrogens (tertiary/aromatic N) is 2. The third-order valence-electron chi connectivity index (χ3n) is 2.75. The van der Waals surface area contributed by atoms with Crippen LogP contribution in [0.15, 0.2) is 29.4 Å². The van der Waals surface area contributed by atoms with Crippen LogP contribution in [0.3, 0.4) is 0 Å². The number of anilines is 1. The van der Waals surface area contributed by atoms with E-state index in [1.807, 2.05) is 24.3 Å². The van der Waals surface area contributed by atoms with Crippen molar-refractivity contribution >= 4 is 28.7 Å². The maximum absolute atomic E-state index is 11.7. The Bertz CT molecular complexity index is 665. The summed E-state index contributed by atoms with van der Waals surface area (Å²) in [5, 5.41) is 4.65. The van der Waals surface area contributed by atoms with E-state index >= 15 is 0 Å². The number of methoxy groups -OCH3 is 1. The number of ether oxygens (including phenoxy) is 2. The van der Waals surface area contributed by atoms with Crippen molar-refractivity contribution in [2.24, 2.45) is 5.10 Å². The fraction of sp³-hybridized carbons (Fsp3) is 0.267. The summed E-state index contributed by atoms with van der Waals surface area (Å²) in [6.45, 7) is 3.88. The van der Waals surface area contributed by atoms with Crippen LogP contribution in [0.4, 0.5) is 5.13 Å². The third-order valence-corrected chi connectivity index (χ3v) is 3.79. The minimum absolute atomic E-state index is 0.342. The van der Waals surface area contributed by atoms with Crippen LogP contribution in [-0.4, -0.2) is 30.9 Å². The molecule has 0 bridgehead atoms. The topological polar surface area (TPSA) is 72.8 Å². The molecule has 6 nitrogen and oxygen atoms in total. The predicted octanol–water partition coefficient (Wildman–Crippen LogP) is 3.08. The number of carbonyl (C=O) groups excluding carboxylic acids is 1. The van der Waals surface area contributed by atoms with Crippen LogP contribution in [0, 0.1) is 6.92 Å². The summed E-state index contributed by atoms with van der Waals surface area (Å²) in [4.78, 5) is 16.4. The summed E-state index contributed by atoms with van der Waals surface area (Å²) in [5.74, 6) is 0.435. The van der Waals surface area contributed by atoms with E-state index in [-0.39, 0.29) is 5.97 Å². The van der Waals surface area contributed by atoms with Crippen LogP contribution in [-0.2, 0) is 4.74 Å². The highest BCUT2D eigenvalue weighted by Gasteiger charge is 2.15. The number of aryl methyl sites for hydroxylation is 1. The van der Waals surface area contributed by atoms with E-state index in [0.717, 1.165) is 11.3 Å². The molecule has 0 unspecified atom stereocenters. The average Bonchev–Trinajstić information content (AvgIpc) is 2.89. The van der Waals surface area contributed by atoms with Gasteiger partial charge in [-0.05, 0) is 43.7 Å². The fourth-order valence-corrected chi connectivity index (χ4v) is 2.49. The van der Waals surface area contributed by atoms with E-state index in [4.69, 9.17) is 9.47 Å². The maximum atomic E-state index is 11.7. The molecule has 0 saturated carbocycles. The molecule has 1 aromatic carbocycles. The number of thiazole rings is 1. The minimum Gasteiger partial charge on any atom is -0.497 e. The van der Waals surface area contributed by atoms with Crippen molar-refractivity contribution < 1.29 is 14.3 Å². The van der Waals surface area contributed by atoms with E-state index in [0.29, 0.717) is 22.3 Å². The number of benzene rings is 1. The van der Waals surface area contributed by atoms with E-state index in [1.165, 1.54) is 11.3 Å². The van der Waals surface area contributed by atoms with E-state index < -0.39 is 0 Å². The van der Waals surface area contributed by atoms with Crippen molar-refractivity contribution in [3.63, 3.8) is 0 Å². The number of esters is 1. The summed E-state index contributed by atoms with van der Waals surface area (Å²) in [6.07, 6.45) is 1.67. The van der Waals surface area contributed by atoms with Crippen molar-refractivity contribution in [2.45, 2.75) is 13.8 Å². The molecule has 0 spiro atoms. The first kappa shape index (κ1) is 16.0. The van der Waals surface area contributed by atoms with Crippen LogP contribution < -0.4 is 10.2 Å². The molecule has 0 aliphatic carbocycles. The number of nitrogens with one attached hydrogen (secondary N) is 1. The zero-order chi connectivity index (χ0) is 15.9. The molecule has 1 aromatic heterocycles. The summed E-state index contributed by atoms with van der Waals surface area (Å²) < 4.78 is 10.1. The van der Waals surface area contributed by atoms with Gasteiger partial charge >= 0.3 is 5.97 Å². The van der Waals surface area contributed by atoms with Gasteiger partial charge in [-0.2, -0.15) is 5.10 Å². The lowest BCUT2D eigenvalue weighted by atomic mass is 10.2. The summed E-state index contributed by atoms with van der Waals surface area (Å²) in [5.41, 5.74) is 4.37. The highest BCUT2D eigenvalue weighted by atomic mass is 32.1. The molecule has 116 valence electrons. The van der Waals surface area contributed by atoms with Gasteiger partial charge < -0.3 is 9.47 Å². The van der Waals surface area contributed by atoms with Crippen LogP contribution in [0.2, 0.25) is 0 Å². The average molecular weight is 319 g/mol. The van der Waals surface area contributed by atoms with E-state index in [1.54, 1.807) is 27.2 Å². The van der Waals surface area contributed by atoms with Crippen molar-refractivity contribution in [3.05, 3.63) is 40.4 Å². The zero-order valence-corrected chi connectivity index (χ0v) is 13.4. The van der Waals surface area contributed by atoms with Gasteiger partial charge in [0.2, 0.25) is 5.13 Å². The maximum Gasteiger partial charge on any atom is 0.350 e. The molecule has 7 heteroatoms. The van der Waals surface area contributed by atoms with Gasteiger partial charge in [-0.25, -0.2) is 9.78 Å². The standard InChI is InChI=1S/C15H17N3O3S/c1-4-21-14(19)13-10(2)17-15(22-13)18-16-9-11-5-7-12(20-3)8-6-11/h5-9H,4H2,1-3H3,(H,17,18)/b16-9+. The lowest BCUT2D eigenvalue weighted by molar-refractivity contribution is 0.0531. The highest BCUT2D eigenvalue weighted by molar-refractivity contribution is 7.17. The van der Waals surface area contributed by atoms with Crippen molar-refractivity contribution in [1.82, 2.24) is 4.98 Å². The summed E-state index contributed by atoms with van der Waals surface area (Å²) in [6, 6.07) is 7.49. The van der Waals surface area contributed by atoms with Crippen molar-refractivity contribution in [2.75, 3.05) is 19.1 Å². The monoisotopic (exact) mass is 319 g/mol. The summed E-state index contributed by atoms with van der Waals surface area (Å²) >= 11 is 1.22. The third kappa shape index (κ3) is 4.05. The number of rotatable bonds is 6. The molecule has 0 radical (unpaired) electrons. The smallest absolute Gasteiger partial charge is 0.350 e. The molecule has 0 aliphatic heterocycles. The second-order valence-electron chi connectivity index (χ2n) is 4.30.